The predicted molar refractivity (Wildman–Crippen MR) is 23.3 cm³/mol. The van der Waals surface area contributed by atoms with Gasteiger partial charge in [-0.25, -0.2) is 0 Å². The minimum Gasteiger partial charge on any atom is 0 e. The number of hydrogen-bond donors (Lipinski definition) is 0. The molecule has 0 N–H and O–H groups in total. The molecule has 0 atom stereocenters. The van der Waals surface area contributed by atoms with E-state index in [0.717, 1.165) is 0 Å². The molecule has 0 aliphatic heterocycles. The summed E-state index contributed by atoms with van der Waals surface area (Å²) >= 11 is 0. The molecule has 0 aromatic heterocycles. The van der Waals surface area contributed by atoms with Gasteiger partial charge >= 0.3 is 74.4 Å². The molecule has 0 heterocycles. The Bertz CT molecular complexity index is 11.6. The monoisotopic (exact) mass is 177 g/mol. The Balaban J connectivity index is -0.00000000167. The Morgan fingerprint density at radius 1 is 1.20 bits per heavy atom. The van der Waals surface area contributed by atoms with Crippen molar-refractivity contribution >= 4 is 83.6 Å². The average Bonchev–Trinajstić information content (AvgIpc) is 1.00. The van der Waals surface area contributed by atoms with E-state index in [-0.39, 0.29) is 93.9 Å². The van der Waals surface area contributed by atoms with Crippen LogP contribution in [0.25, 0.3) is 0 Å². The fourth-order valence-electron chi connectivity index (χ4n) is 0. The van der Waals surface area contributed by atoms with E-state index in [2.05, 4.69) is 9.12 Å². The van der Waals surface area contributed by atoms with Gasteiger partial charge in [0.05, 0.1) is 0 Å². The molecule has 5 heteroatoms. The molecule has 19 valence electrons. The second kappa shape index (κ2) is 27.4. The summed E-state index contributed by atoms with van der Waals surface area (Å²) < 4.78 is 7.94. The maximum Gasteiger partial charge on any atom is 0.316 e. The molecular formula is H3KMgOPZn. The van der Waals surface area contributed by atoms with Gasteiger partial charge < -0.3 is 0 Å². The Kier molecular flexibility index (Phi) is 133. The van der Waals surface area contributed by atoms with E-state index in [1.165, 1.54) is 0 Å². The van der Waals surface area contributed by atoms with Crippen molar-refractivity contribution in [3.63, 3.8) is 0 Å². The maximum atomic E-state index is 7.94. The molecule has 5 heavy (non-hydrogen) atoms. The summed E-state index contributed by atoms with van der Waals surface area (Å²) in [5.41, 5.74) is 0. The van der Waals surface area contributed by atoms with E-state index < -0.39 is 0 Å². The molecule has 0 aliphatic carbocycles. The Morgan fingerprint density at radius 3 is 1.20 bits per heavy atom. The zero-order valence-electron chi connectivity index (χ0n) is 1.56. The van der Waals surface area contributed by atoms with Gasteiger partial charge in [0, 0.05) is 19.5 Å². The fourth-order valence-corrected chi connectivity index (χ4v) is 0. The second-order valence-electron chi connectivity index (χ2n) is 0. The van der Waals surface area contributed by atoms with E-state index in [1.807, 2.05) is 0 Å². The molecule has 0 aromatic rings. The summed E-state index contributed by atoms with van der Waals surface area (Å²) in [4.78, 5) is 0. The summed E-state index contributed by atoms with van der Waals surface area (Å²) in [7, 11) is 2.28. The first-order valence-electron chi connectivity index (χ1n) is 0.183. The molecule has 1 radical (unpaired) electrons. The average molecular weight is 179 g/mol. The molecule has 0 amide bonds. The summed E-state index contributed by atoms with van der Waals surface area (Å²) in [5, 5.41) is 0. The van der Waals surface area contributed by atoms with Gasteiger partial charge in [0.25, 0.3) is 9.12 Å². The topological polar surface area (TPSA) is 17.1 Å². The SMILES string of the molecule is O=[P].[KH].[MgH2].[Zn]. The van der Waals surface area contributed by atoms with Gasteiger partial charge in [-0.15, -0.1) is 0 Å². The van der Waals surface area contributed by atoms with Crippen molar-refractivity contribution in [3.8, 4) is 0 Å². The summed E-state index contributed by atoms with van der Waals surface area (Å²) in [6.07, 6.45) is 0. The van der Waals surface area contributed by atoms with Crippen LogP contribution in [0, 0.1) is 0 Å². The van der Waals surface area contributed by atoms with Crippen LogP contribution in [0.4, 0.5) is 0 Å². The second-order valence-corrected chi connectivity index (χ2v) is 0. The van der Waals surface area contributed by atoms with Crippen LogP contribution in [0.3, 0.4) is 0 Å². The van der Waals surface area contributed by atoms with Gasteiger partial charge in [-0.3, -0.25) is 4.57 Å². The smallest absolute Gasteiger partial charge is 0 e. The Hall–Kier alpha value is 3.13. The zero-order valence-corrected chi connectivity index (χ0v) is 5.42. The first-order valence-corrected chi connectivity index (χ1v) is 0.548. The van der Waals surface area contributed by atoms with Crippen LogP contribution < -0.4 is 0 Å². The quantitative estimate of drug-likeness (QED) is 0.350. The van der Waals surface area contributed by atoms with Crippen molar-refractivity contribution in [3.05, 3.63) is 0 Å². The third kappa shape index (κ3) is 19.2. The Morgan fingerprint density at radius 2 is 1.20 bits per heavy atom. The Labute approximate surface area is 105 Å². The van der Waals surface area contributed by atoms with Gasteiger partial charge in [0.1, 0.15) is 0 Å². The van der Waals surface area contributed by atoms with Gasteiger partial charge in [-0.1, -0.05) is 0 Å². The van der Waals surface area contributed by atoms with Crippen molar-refractivity contribution < 1.29 is 24.0 Å². The largest absolute Gasteiger partial charge is 0.316 e. The van der Waals surface area contributed by atoms with Gasteiger partial charge in [-0.05, 0) is 0 Å². The van der Waals surface area contributed by atoms with Gasteiger partial charge in [0.2, 0.25) is 0 Å². The van der Waals surface area contributed by atoms with E-state index in [4.69, 9.17) is 4.57 Å². The molecule has 0 unspecified atom stereocenters. The van der Waals surface area contributed by atoms with Crippen LogP contribution in [0.2, 0.25) is 0 Å². The molecule has 0 bridgehead atoms. The standard InChI is InChI=1S/K.Mg.OP.Zn.3H/c;;1-2;;;;. The minimum absolute atomic E-state index is 0. The molecule has 0 saturated carbocycles. The predicted octanol–water partition coefficient (Wildman–Crippen LogP) is -0.825. The first-order chi connectivity index (χ1) is 1.00. The fraction of sp³-hybridized carbons (Fsp3) is 0. The van der Waals surface area contributed by atoms with Crippen molar-refractivity contribution in [2.75, 3.05) is 0 Å². The summed E-state index contributed by atoms with van der Waals surface area (Å²) in [6.45, 7) is 0. The molecule has 0 aromatic carbocycles. The summed E-state index contributed by atoms with van der Waals surface area (Å²) in [6, 6.07) is 0. The molecule has 0 aliphatic rings. The van der Waals surface area contributed by atoms with Crippen LogP contribution >= 0.6 is 9.12 Å². The van der Waals surface area contributed by atoms with E-state index >= 15 is 0 Å². The van der Waals surface area contributed by atoms with Gasteiger partial charge in [-0.2, -0.15) is 0 Å². The van der Waals surface area contributed by atoms with E-state index in [1.54, 1.807) is 0 Å². The molecular weight excluding hydrogens is 176 g/mol. The van der Waals surface area contributed by atoms with Gasteiger partial charge in [0.15, 0.2) is 0 Å². The van der Waals surface area contributed by atoms with Crippen molar-refractivity contribution in [2.45, 2.75) is 0 Å². The van der Waals surface area contributed by atoms with E-state index in [9.17, 15) is 0 Å². The normalized spacial score (nSPS) is 0.800. The van der Waals surface area contributed by atoms with Crippen LogP contribution in [0.1, 0.15) is 0 Å². The first kappa shape index (κ1) is 24.2. The third-order valence-electron chi connectivity index (χ3n) is 0. The van der Waals surface area contributed by atoms with Crippen LogP contribution in [0.15, 0.2) is 0 Å². The minimum atomic E-state index is 0. The third-order valence-corrected chi connectivity index (χ3v) is 0. The van der Waals surface area contributed by atoms with Crippen LogP contribution in [0.5, 0.6) is 0 Å². The van der Waals surface area contributed by atoms with Crippen LogP contribution in [-0.4, -0.2) is 74.4 Å². The molecule has 0 rings (SSSR count). The van der Waals surface area contributed by atoms with Crippen molar-refractivity contribution in [1.82, 2.24) is 0 Å². The van der Waals surface area contributed by atoms with Crippen LogP contribution in [-0.2, 0) is 24.0 Å². The van der Waals surface area contributed by atoms with Crippen molar-refractivity contribution in [1.29, 1.82) is 0 Å². The maximum absolute atomic E-state index is 7.94. The molecule has 0 spiro atoms. The molecule has 0 saturated heterocycles. The zero-order chi connectivity index (χ0) is 2.00. The molecule has 0 fully saturated rings. The van der Waals surface area contributed by atoms with E-state index in [0.29, 0.717) is 0 Å². The van der Waals surface area contributed by atoms with Crippen molar-refractivity contribution in [2.24, 2.45) is 0 Å². The number of rotatable bonds is 0. The number of hydrogen-bond acceptors (Lipinski definition) is 1. The summed E-state index contributed by atoms with van der Waals surface area (Å²) in [5.74, 6) is 0. The molecule has 1 nitrogen and oxygen atoms in total.